The van der Waals surface area contributed by atoms with Crippen molar-refractivity contribution < 1.29 is 13.6 Å². The Labute approximate surface area is 119 Å². The highest BCUT2D eigenvalue weighted by atomic mass is 79.9. The Morgan fingerprint density at radius 2 is 1.95 bits per heavy atom. The van der Waals surface area contributed by atoms with Crippen LogP contribution in [0.25, 0.3) is 0 Å². The number of rotatable bonds is 3. The lowest BCUT2D eigenvalue weighted by atomic mass is 9.86. The van der Waals surface area contributed by atoms with E-state index in [1.54, 1.807) is 0 Å². The first-order valence-electron chi connectivity index (χ1n) is 6.34. The van der Waals surface area contributed by atoms with Gasteiger partial charge in [-0.2, -0.15) is 0 Å². The highest BCUT2D eigenvalue weighted by molar-refractivity contribution is 9.08. The van der Waals surface area contributed by atoms with E-state index in [4.69, 9.17) is 0 Å². The van der Waals surface area contributed by atoms with Crippen molar-refractivity contribution in [3.8, 4) is 0 Å². The van der Waals surface area contributed by atoms with E-state index in [0.717, 1.165) is 11.3 Å². The molecule has 2 nitrogen and oxygen atoms in total. The fraction of sp³-hybridized carbons (Fsp3) is 0.500. The van der Waals surface area contributed by atoms with Crippen molar-refractivity contribution in [2.45, 2.75) is 36.9 Å². The number of hydrogen-bond acceptors (Lipinski definition) is 1. The molecule has 1 aromatic rings. The molecule has 0 spiro atoms. The van der Waals surface area contributed by atoms with Gasteiger partial charge in [0.2, 0.25) is 11.8 Å². The van der Waals surface area contributed by atoms with Crippen LogP contribution >= 0.6 is 15.9 Å². The number of benzene rings is 1. The summed E-state index contributed by atoms with van der Waals surface area (Å²) in [4.78, 5) is 12.1. The van der Waals surface area contributed by atoms with Crippen molar-refractivity contribution >= 4 is 27.5 Å². The molecule has 0 aliphatic heterocycles. The number of hydrogen-bond donors (Lipinski definition) is 1. The molecule has 1 N–H and O–H groups in total. The van der Waals surface area contributed by atoms with Gasteiger partial charge in [-0.25, -0.2) is 8.78 Å². The second-order valence-electron chi connectivity index (χ2n) is 4.91. The van der Waals surface area contributed by atoms with E-state index in [2.05, 4.69) is 21.2 Å². The third-order valence-corrected chi connectivity index (χ3v) is 4.11. The molecule has 0 unspecified atom stereocenters. The molecule has 0 saturated heterocycles. The molecule has 1 aromatic carbocycles. The highest BCUT2D eigenvalue weighted by Gasteiger charge is 2.37. The first kappa shape index (κ1) is 14.4. The van der Waals surface area contributed by atoms with Crippen LogP contribution in [-0.2, 0) is 10.1 Å². The van der Waals surface area contributed by atoms with Crippen molar-refractivity contribution in [3.05, 3.63) is 29.8 Å². The van der Waals surface area contributed by atoms with Crippen LogP contribution in [0.15, 0.2) is 24.3 Å². The second kappa shape index (κ2) is 5.99. The zero-order valence-corrected chi connectivity index (χ0v) is 12.1. The first-order chi connectivity index (χ1) is 9.02. The van der Waals surface area contributed by atoms with Gasteiger partial charge in [-0.15, -0.1) is 0 Å². The number of carbonyl (C=O) groups is 1. The Bertz CT molecular complexity index is 455. The summed E-state index contributed by atoms with van der Waals surface area (Å²) in [7, 11) is 0. The summed E-state index contributed by atoms with van der Waals surface area (Å²) in [5.41, 5.74) is 1.73. The molecule has 0 heterocycles. The molecule has 1 aliphatic carbocycles. The van der Waals surface area contributed by atoms with Crippen molar-refractivity contribution in [3.63, 3.8) is 0 Å². The van der Waals surface area contributed by atoms with Gasteiger partial charge in [-0.05, 0) is 24.5 Å². The van der Waals surface area contributed by atoms with E-state index in [0.29, 0.717) is 5.33 Å². The average Bonchev–Trinajstić information content (AvgIpc) is 2.39. The molecule has 1 saturated carbocycles. The Morgan fingerprint density at radius 3 is 2.58 bits per heavy atom. The van der Waals surface area contributed by atoms with Gasteiger partial charge in [0, 0.05) is 29.8 Å². The van der Waals surface area contributed by atoms with Crippen molar-refractivity contribution in [2.75, 3.05) is 5.32 Å². The Hall–Kier alpha value is -0.970. The normalized spacial score (nSPS) is 19.1. The lowest BCUT2D eigenvalue weighted by Crippen LogP contribution is -2.32. The molecular formula is C14H16BrF2NO. The van der Waals surface area contributed by atoms with Crippen LogP contribution in [0.3, 0.4) is 0 Å². The standard InChI is InChI=1S/C14H16BrF2NO/c15-9-11-3-1-2-4-12(11)18-13(19)10-5-7-14(16,17)8-6-10/h1-4,10H,5-9H2,(H,18,19). The van der Waals surface area contributed by atoms with Gasteiger partial charge in [0.15, 0.2) is 0 Å². The number of halogens is 3. The fourth-order valence-electron chi connectivity index (χ4n) is 2.30. The SMILES string of the molecule is O=C(Nc1ccccc1CBr)C1CCC(F)(F)CC1. The maximum absolute atomic E-state index is 13.0. The maximum Gasteiger partial charge on any atom is 0.248 e. The van der Waals surface area contributed by atoms with Gasteiger partial charge in [0.1, 0.15) is 0 Å². The largest absolute Gasteiger partial charge is 0.326 e. The van der Waals surface area contributed by atoms with Crippen LogP contribution in [0.5, 0.6) is 0 Å². The van der Waals surface area contributed by atoms with Crippen LogP contribution in [-0.4, -0.2) is 11.8 Å². The minimum atomic E-state index is -2.59. The highest BCUT2D eigenvalue weighted by Crippen LogP contribution is 2.36. The van der Waals surface area contributed by atoms with Gasteiger partial charge in [0.05, 0.1) is 0 Å². The van der Waals surface area contributed by atoms with Gasteiger partial charge in [0.25, 0.3) is 0 Å². The van der Waals surface area contributed by atoms with Crippen LogP contribution in [0, 0.1) is 5.92 Å². The summed E-state index contributed by atoms with van der Waals surface area (Å²) < 4.78 is 26.1. The fourth-order valence-corrected chi connectivity index (χ4v) is 2.78. The lowest BCUT2D eigenvalue weighted by Gasteiger charge is -2.27. The van der Waals surface area contributed by atoms with Crippen molar-refractivity contribution in [1.29, 1.82) is 0 Å². The summed E-state index contributed by atoms with van der Waals surface area (Å²) in [5.74, 6) is -3.04. The quantitative estimate of drug-likeness (QED) is 0.820. The second-order valence-corrected chi connectivity index (χ2v) is 5.47. The molecule has 5 heteroatoms. The van der Waals surface area contributed by atoms with Gasteiger partial charge in [-0.3, -0.25) is 4.79 Å². The van der Waals surface area contributed by atoms with E-state index in [1.807, 2.05) is 24.3 Å². The number of carbonyl (C=O) groups excluding carboxylic acids is 1. The van der Waals surface area contributed by atoms with E-state index < -0.39 is 5.92 Å². The van der Waals surface area contributed by atoms with Crippen LogP contribution in [0.2, 0.25) is 0 Å². The molecule has 1 amide bonds. The molecule has 0 atom stereocenters. The van der Waals surface area contributed by atoms with Gasteiger partial charge >= 0.3 is 0 Å². The van der Waals surface area contributed by atoms with Crippen molar-refractivity contribution in [1.82, 2.24) is 0 Å². The minimum Gasteiger partial charge on any atom is -0.326 e. The molecule has 0 radical (unpaired) electrons. The monoisotopic (exact) mass is 331 g/mol. The van der Waals surface area contributed by atoms with Crippen LogP contribution in [0.1, 0.15) is 31.2 Å². The van der Waals surface area contributed by atoms with Crippen molar-refractivity contribution in [2.24, 2.45) is 5.92 Å². The predicted molar refractivity (Wildman–Crippen MR) is 74.6 cm³/mol. The summed E-state index contributed by atoms with van der Waals surface area (Å²) in [6, 6.07) is 7.48. The number of amides is 1. The van der Waals surface area contributed by atoms with E-state index in [9.17, 15) is 13.6 Å². The first-order valence-corrected chi connectivity index (χ1v) is 7.46. The number of alkyl halides is 3. The number of nitrogens with one attached hydrogen (secondary N) is 1. The molecule has 0 aromatic heterocycles. The smallest absolute Gasteiger partial charge is 0.248 e. The maximum atomic E-state index is 13.0. The Morgan fingerprint density at radius 1 is 1.32 bits per heavy atom. The van der Waals surface area contributed by atoms with Crippen LogP contribution < -0.4 is 5.32 Å². The number of para-hydroxylation sites is 1. The minimum absolute atomic E-state index is 0.149. The lowest BCUT2D eigenvalue weighted by molar-refractivity contribution is -0.124. The molecule has 0 bridgehead atoms. The number of anilines is 1. The third-order valence-electron chi connectivity index (χ3n) is 3.51. The molecule has 1 aliphatic rings. The predicted octanol–water partition coefficient (Wildman–Crippen LogP) is 4.35. The summed E-state index contributed by atoms with van der Waals surface area (Å²) >= 11 is 3.36. The molecular weight excluding hydrogens is 316 g/mol. The van der Waals surface area contributed by atoms with Gasteiger partial charge in [-0.1, -0.05) is 34.1 Å². The zero-order chi connectivity index (χ0) is 13.9. The van der Waals surface area contributed by atoms with E-state index in [-0.39, 0.29) is 37.5 Å². The Balaban J connectivity index is 1.98. The Kier molecular flexibility index (Phi) is 4.55. The average molecular weight is 332 g/mol. The van der Waals surface area contributed by atoms with Crippen LogP contribution in [0.4, 0.5) is 14.5 Å². The zero-order valence-electron chi connectivity index (χ0n) is 10.5. The van der Waals surface area contributed by atoms with E-state index in [1.165, 1.54) is 0 Å². The molecule has 104 valence electrons. The molecule has 2 rings (SSSR count). The third kappa shape index (κ3) is 3.75. The van der Waals surface area contributed by atoms with E-state index >= 15 is 0 Å². The molecule has 19 heavy (non-hydrogen) atoms. The van der Waals surface area contributed by atoms with Gasteiger partial charge < -0.3 is 5.32 Å². The summed E-state index contributed by atoms with van der Waals surface area (Å²) in [6.07, 6.45) is 0.140. The molecule has 1 fully saturated rings. The topological polar surface area (TPSA) is 29.1 Å². The summed E-state index contributed by atoms with van der Waals surface area (Å²) in [5, 5.41) is 3.49. The summed E-state index contributed by atoms with van der Waals surface area (Å²) in [6.45, 7) is 0.